The number of para-hydroxylation sites is 1. The Morgan fingerprint density at radius 1 is 0.848 bits per heavy atom. The highest BCUT2D eigenvalue weighted by Crippen LogP contribution is 2.21. The van der Waals surface area contributed by atoms with Gasteiger partial charge in [0.2, 0.25) is 5.91 Å². The van der Waals surface area contributed by atoms with Crippen molar-refractivity contribution in [3.63, 3.8) is 0 Å². The summed E-state index contributed by atoms with van der Waals surface area (Å²) in [6.07, 6.45) is 2.55. The molecule has 4 amide bonds. The Labute approximate surface area is 195 Å². The van der Waals surface area contributed by atoms with E-state index in [0.29, 0.717) is 44.8 Å². The van der Waals surface area contributed by atoms with Crippen molar-refractivity contribution in [3.8, 4) is 0 Å². The Bertz CT molecular complexity index is 969. The minimum absolute atomic E-state index is 0.0196. The van der Waals surface area contributed by atoms with Gasteiger partial charge in [0.1, 0.15) is 0 Å². The Hall–Kier alpha value is -3.35. The van der Waals surface area contributed by atoms with Crippen molar-refractivity contribution in [1.29, 1.82) is 0 Å². The average molecular weight is 449 g/mol. The molecule has 0 saturated carbocycles. The van der Waals surface area contributed by atoms with Gasteiger partial charge in [0.15, 0.2) is 0 Å². The van der Waals surface area contributed by atoms with Crippen molar-refractivity contribution in [1.82, 2.24) is 14.7 Å². The van der Waals surface area contributed by atoms with Crippen LogP contribution in [0.3, 0.4) is 0 Å². The molecule has 1 unspecified atom stereocenters. The van der Waals surface area contributed by atoms with E-state index in [-0.39, 0.29) is 23.8 Å². The molecule has 1 atom stereocenters. The molecule has 1 N–H and O–H groups in total. The summed E-state index contributed by atoms with van der Waals surface area (Å²) in [6.45, 7) is 5.31. The van der Waals surface area contributed by atoms with Gasteiger partial charge in [0.25, 0.3) is 5.91 Å². The lowest BCUT2D eigenvalue weighted by molar-refractivity contribution is -0.138. The quantitative estimate of drug-likeness (QED) is 0.778. The molecule has 33 heavy (non-hydrogen) atoms. The topological polar surface area (TPSA) is 73.0 Å². The molecule has 7 nitrogen and oxygen atoms in total. The second kappa shape index (κ2) is 10.5. The molecule has 2 aliphatic heterocycles. The molecule has 2 aromatic rings. The number of amides is 4. The summed E-state index contributed by atoms with van der Waals surface area (Å²) in [7, 11) is 0. The molecule has 0 radical (unpaired) electrons. The molecule has 7 heteroatoms. The van der Waals surface area contributed by atoms with Crippen LogP contribution in [0.4, 0.5) is 10.5 Å². The summed E-state index contributed by atoms with van der Waals surface area (Å²) in [6, 6.07) is 17.0. The normalized spacial score (nSPS) is 18.7. The fourth-order valence-corrected chi connectivity index (χ4v) is 4.54. The number of carbonyl (C=O) groups is 3. The number of benzene rings is 2. The molecule has 174 valence electrons. The first-order valence-electron chi connectivity index (χ1n) is 11.8. The van der Waals surface area contributed by atoms with Crippen molar-refractivity contribution in [2.75, 3.05) is 44.6 Å². The molecule has 0 aliphatic carbocycles. The molecule has 0 aromatic heterocycles. The van der Waals surface area contributed by atoms with E-state index in [4.69, 9.17) is 0 Å². The minimum atomic E-state index is -0.191. The standard InChI is InChI=1S/C26H32N4O3/c1-2-20-10-12-21(13-11-20)24(31)28-15-17-29(18-16-28)25(32)22-7-6-14-30(19-22)26(33)27-23-8-4-3-5-9-23/h3-5,8-13,22H,2,6-7,14-19H2,1H3,(H,27,33). The summed E-state index contributed by atoms with van der Waals surface area (Å²) in [4.78, 5) is 44.0. The fraction of sp³-hybridized carbons (Fsp3) is 0.423. The molecule has 2 fully saturated rings. The van der Waals surface area contributed by atoms with Gasteiger partial charge in [-0.3, -0.25) is 9.59 Å². The lowest BCUT2D eigenvalue weighted by atomic mass is 9.96. The number of anilines is 1. The average Bonchev–Trinajstić information content (AvgIpc) is 2.88. The third-order valence-electron chi connectivity index (χ3n) is 6.57. The van der Waals surface area contributed by atoms with Gasteiger partial charge in [0.05, 0.1) is 5.92 Å². The molecule has 2 saturated heterocycles. The number of urea groups is 1. The summed E-state index contributed by atoms with van der Waals surface area (Å²) >= 11 is 0. The molecule has 2 heterocycles. The minimum Gasteiger partial charge on any atom is -0.339 e. The van der Waals surface area contributed by atoms with Crippen LogP contribution in [-0.4, -0.2) is 71.8 Å². The fourth-order valence-electron chi connectivity index (χ4n) is 4.54. The molecule has 2 aromatic carbocycles. The molecule has 0 spiro atoms. The second-order valence-corrected chi connectivity index (χ2v) is 8.75. The van der Waals surface area contributed by atoms with Gasteiger partial charge >= 0.3 is 6.03 Å². The number of nitrogens with one attached hydrogen (secondary N) is 1. The number of likely N-dealkylation sites (tertiary alicyclic amines) is 1. The van der Waals surface area contributed by atoms with Crippen molar-refractivity contribution in [2.45, 2.75) is 26.2 Å². The van der Waals surface area contributed by atoms with E-state index in [1.54, 1.807) is 4.90 Å². The van der Waals surface area contributed by atoms with Crippen LogP contribution in [0.1, 0.15) is 35.7 Å². The maximum Gasteiger partial charge on any atom is 0.321 e. The van der Waals surface area contributed by atoms with E-state index in [0.717, 1.165) is 24.9 Å². The van der Waals surface area contributed by atoms with E-state index in [9.17, 15) is 14.4 Å². The van der Waals surface area contributed by atoms with Crippen LogP contribution in [0.25, 0.3) is 0 Å². The highest BCUT2D eigenvalue weighted by molar-refractivity contribution is 5.94. The zero-order valence-corrected chi connectivity index (χ0v) is 19.2. The number of carbonyl (C=O) groups excluding carboxylic acids is 3. The lowest BCUT2D eigenvalue weighted by Crippen LogP contribution is -2.54. The van der Waals surface area contributed by atoms with Crippen molar-refractivity contribution < 1.29 is 14.4 Å². The molecule has 2 aliphatic rings. The number of hydrogen-bond acceptors (Lipinski definition) is 3. The van der Waals surface area contributed by atoms with E-state index in [1.165, 1.54) is 5.56 Å². The Balaban J connectivity index is 1.28. The zero-order valence-electron chi connectivity index (χ0n) is 19.2. The summed E-state index contributed by atoms with van der Waals surface area (Å²) in [5.74, 6) is -0.0816. The van der Waals surface area contributed by atoms with Crippen LogP contribution in [0.5, 0.6) is 0 Å². The second-order valence-electron chi connectivity index (χ2n) is 8.75. The first-order valence-corrected chi connectivity index (χ1v) is 11.8. The van der Waals surface area contributed by atoms with Crippen LogP contribution in [-0.2, 0) is 11.2 Å². The monoisotopic (exact) mass is 448 g/mol. The van der Waals surface area contributed by atoms with Crippen molar-refractivity contribution in [2.24, 2.45) is 5.92 Å². The summed E-state index contributed by atoms with van der Waals surface area (Å²) < 4.78 is 0. The third kappa shape index (κ3) is 5.53. The first-order chi connectivity index (χ1) is 16.0. The van der Waals surface area contributed by atoms with E-state index in [2.05, 4.69) is 12.2 Å². The molecule has 0 bridgehead atoms. The third-order valence-corrected chi connectivity index (χ3v) is 6.57. The van der Waals surface area contributed by atoms with E-state index < -0.39 is 0 Å². The van der Waals surface area contributed by atoms with Gasteiger partial charge in [0, 0.05) is 50.5 Å². The molecular weight excluding hydrogens is 416 g/mol. The van der Waals surface area contributed by atoms with Gasteiger partial charge in [-0.05, 0) is 49.1 Å². The smallest absolute Gasteiger partial charge is 0.321 e. The number of piperidine rings is 1. The number of hydrogen-bond donors (Lipinski definition) is 1. The number of nitrogens with zero attached hydrogens (tertiary/aromatic N) is 3. The molecule has 4 rings (SSSR count). The van der Waals surface area contributed by atoms with Crippen LogP contribution < -0.4 is 5.32 Å². The highest BCUT2D eigenvalue weighted by atomic mass is 16.2. The number of aryl methyl sites for hydroxylation is 1. The largest absolute Gasteiger partial charge is 0.339 e. The number of rotatable bonds is 4. The van der Waals surface area contributed by atoms with E-state index in [1.807, 2.05) is 64.4 Å². The van der Waals surface area contributed by atoms with Crippen LogP contribution in [0.2, 0.25) is 0 Å². The Morgan fingerprint density at radius 3 is 2.18 bits per heavy atom. The van der Waals surface area contributed by atoms with Crippen molar-refractivity contribution >= 4 is 23.5 Å². The Kier molecular flexibility index (Phi) is 7.27. The Morgan fingerprint density at radius 2 is 1.52 bits per heavy atom. The maximum atomic E-state index is 13.2. The van der Waals surface area contributed by atoms with Crippen LogP contribution >= 0.6 is 0 Å². The van der Waals surface area contributed by atoms with Gasteiger partial charge in [-0.25, -0.2) is 4.79 Å². The van der Waals surface area contributed by atoms with Crippen molar-refractivity contribution in [3.05, 3.63) is 65.7 Å². The summed E-state index contributed by atoms with van der Waals surface area (Å²) in [5.41, 5.74) is 2.65. The van der Waals surface area contributed by atoms with Crippen LogP contribution in [0.15, 0.2) is 54.6 Å². The predicted octanol–water partition coefficient (Wildman–Crippen LogP) is 3.48. The molecular formula is C26H32N4O3. The van der Waals surface area contributed by atoms with Gasteiger partial charge in [-0.1, -0.05) is 37.3 Å². The number of piperazine rings is 1. The lowest BCUT2D eigenvalue weighted by Gasteiger charge is -2.39. The summed E-state index contributed by atoms with van der Waals surface area (Å²) in [5, 5.41) is 2.91. The van der Waals surface area contributed by atoms with E-state index >= 15 is 0 Å². The van der Waals surface area contributed by atoms with Gasteiger partial charge in [-0.15, -0.1) is 0 Å². The van der Waals surface area contributed by atoms with Crippen LogP contribution in [0, 0.1) is 5.92 Å². The van der Waals surface area contributed by atoms with Gasteiger partial charge in [-0.2, -0.15) is 0 Å². The predicted molar refractivity (Wildman–Crippen MR) is 128 cm³/mol. The highest BCUT2D eigenvalue weighted by Gasteiger charge is 2.33. The zero-order chi connectivity index (χ0) is 23.2. The maximum absolute atomic E-state index is 13.2. The SMILES string of the molecule is CCc1ccc(C(=O)N2CCN(C(=O)C3CCCN(C(=O)Nc4ccccc4)C3)CC2)cc1. The first kappa shape index (κ1) is 22.8. The van der Waals surface area contributed by atoms with Gasteiger partial charge < -0.3 is 20.0 Å².